The summed E-state index contributed by atoms with van der Waals surface area (Å²) in [6.45, 7) is 11.3. The summed E-state index contributed by atoms with van der Waals surface area (Å²) in [5.74, 6) is -0.687. The molecule has 0 heterocycles. The second-order valence-electron chi connectivity index (χ2n) is 5.08. The SMILES string of the molecule is C=C(CCNC(=O)OC(C)(C)C)C(C)C(=O)OC. The third-order valence-electron chi connectivity index (χ3n) is 2.28. The molecule has 0 aliphatic heterocycles. The van der Waals surface area contributed by atoms with Crippen molar-refractivity contribution >= 4 is 12.1 Å². The molecule has 0 bridgehead atoms. The van der Waals surface area contributed by atoms with Crippen molar-refractivity contribution in [2.75, 3.05) is 13.7 Å². The van der Waals surface area contributed by atoms with Crippen molar-refractivity contribution < 1.29 is 19.1 Å². The van der Waals surface area contributed by atoms with Crippen LogP contribution in [0.15, 0.2) is 12.2 Å². The van der Waals surface area contributed by atoms with Crippen LogP contribution >= 0.6 is 0 Å². The van der Waals surface area contributed by atoms with Crippen LogP contribution in [0, 0.1) is 5.92 Å². The average Bonchev–Trinajstić information content (AvgIpc) is 2.24. The summed E-state index contributed by atoms with van der Waals surface area (Å²) in [5.41, 5.74) is 0.207. The zero-order valence-corrected chi connectivity index (χ0v) is 11.8. The van der Waals surface area contributed by atoms with Gasteiger partial charge >= 0.3 is 12.1 Å². The summed E-state index contributed by atoms with van der Waals surface area (Å²) in [5, 5.41) is 2.61. The first-order chi connectivity index (χ1) is 8.17. The minimum atomic E-state index is -0.513. The second-order valence-corrected chi connectivity index (χ2v) is 5.08. The number of nitrogens with one attached hydrogen (secondary N) is 1. The van der Waals surface area contributed by atoms with Gasteiger partial charge in [0, 0.05) is 6.54 Å². The van der Waals surface area contributed by atoms with Gasteiger partial charge in [-0.15, -0.1) is 0 Å². The molecule has 0 radical (unpaired) electrons. The Hall–Kier alpha value is -1.52. The third kappa shape index (κ3) is 6.93. The normalized spacial score (nSPS) is 12.5. The molecule has 104 valence electrons. The largest absolute Gasteiger partial charge is 0.469 e. The van der Waals surface area contributed by atoms with Crippen molar-refractivity contribution in [2.24, 2.45) is 5.92 Å². The zero-order valence-electron chi connectivity index (χ0n) is 11.8. The molecule has 5 heteroatoms. The van der Waals surface area contributed by atoms with Gasteiger partial charge in [0.2, 0.25) is 0 Å². The molecule has 1 unspecified atom stereocenters. The van der Waals surface area contributed by atoms with Crippen LogP contribution in [0.3, 0.4) is 0 Å². The van der Waals surface area contributed by atoms with Crippen LogP contribution in [0.1, 0.15) is 34.1 Å². The lowest BCUT2D eigenvalue weighted by atomic mass is 10.0. The van der Waals surface area contributed by atoms with Crippen molar-refractivity contribution in [2.45, 2.75) is 39.7 Å². The Bertz CT molecular complexity index is 317. The molecular weight excluding hydrogens is 234 g/mol. The molecule has 0 saturated heterocycles. The van der Waals surface area contributed by atoms with Gasteiger partial charge in [0.25, 0.3) is 0 Å². The Morgan fingerprint density at radius 3 is 2.33 bits per heavy atom. The van der Waals surface area contributed by atoms with E-state index in [0.717, 1.165) is 5.57 Å². The maximum Gasteiger partial charge on any atom is 0.407 e. The first-order valence-corrected chi connectivity index (χ1v) is 5.89. The Morgan fingerprint density at radius 2 is 1.89 bits per heavy atom. The van der Waals surface area contributed by atoms with E-state index in [1.165, 1.54) is 7.11 Å². The average molecular weight is 257 g/mol. The lowest BCUT2D eigenvalue weighted by Gasteiger charge is -2.20. The molecule has 0 aliphatic rings. The molecule has 1 N–H and O–H groups in total. The maximum atomic E-state index is 11.3. The van der Waals surface area contributed by atoms with Crippen LogP contribution in [0.4, 0.5) is 4.79 Å². The highest BCUT2D eigenvalue weighted by Gasteiger charge is 2.18. The smallest absolute Gasteiger partial charge is 0.407 e. The lowest BCUT2D eigenvalue weighted by molar-refractivity contribution is -0.143. The molecule has 0 aromatic rings. The van der Waals surface area contributed by atoms with Gasteiger partial charge < -0.3 is 14.8 Å². The summed E-state index contributed by atoms with van der Waals surface area (Å²) in [6.07, 6.45) is 0.0382. The fourth-order valence-electron chi connectivity index (χ4n) is 1.20. The van der Waals surface area contributed by atoms with E-state index in [-0.39, 0.29) is 11.9 Å². The zero-order chi connectivity index (χ0) is 14.3. The summed E-state index contributed by atoms with van der Waals surface area (Å²) >= 11 is 0. The minimum absolute atomic E-state index is 0.322. The highest BCUT2D eigenvalue weighted by atomic mass is 16.6. The van der Waals surface area contributed by atoms with Gasteiger partial charge in [-0.3, -0.25) is 4.79 Å². The van der Waals surface area contributed by atoms with E-state index in [9.17, 15) is 9.59 Å². The van der Waals surface area contributed by atoms with Crippen LogP contribution in [0.25, 0.3) is 0 Å². The van der Waals surface area contributed by atoms with Gasteiger partial charge in [-0.25, -0.2) is 4.79 Å². The molecule has 0 aromatic carbocycles. The summed E-state index contributed by atoms with van der Waals surface area (Å²) < 4.78 is 9.69. The predicted molar refractivity (Wildman–Crippen MR) is 69.2 cm³/mol. The van der Waals surface area contributed by atoms with Crippen molar-refractivity contribution in [1.29, 1.82) is 0 Å². The first kappa shape index (κ1) is 16.5. The van der Waals surface area contributed by atoms with Gasteiger partial charge in [-0.1, -0.05) is 12.2 Å². The molecule has 0 saturated carbocycles. The topological polar surface area (TPSA) is 64.6 Å². The number of amides is 1. The summed E-state index contributed by atoms with van der Waals surface area (Å²) in [6, 6.07) is 0. The molecule has 0 rings (SSSR count). The van der Waals surface area contributed by atoms with Gasteiger partial charge in [0.1, 0.15) is 5.60 Å². The number of esters is 1. The van der Waals surface area contributed by atoms with Crippen molar-refractivity contribution in [3.8, 4) is 0 Å². The number of rotatable bonds is 5. The number of ether oxygens (including phenoxy) is 2. The lowest BCUT2D eigenvalue weighted by Crippen LogP contribution is -2.33. The van der Waals surface area contributed by atoms with E-state index in [4.69, 9.17) is 4.74 Å². The first-order valence-electron chi connectivity index (χ1n) is 5.89. The standard InChI is InChI=1S/C13H23NO4/c1-9(10(2)11(15)17-6)7-8-14-12(16)18-13(3,4)5/h10H,1,7-8H2,2-6H3,(H,14,16). The minimum Gasteiger partial charge on any atom is -0.469 e. The number of alkyl carbamates (subject to hydrolysis) is 1. The van der Waals surface area contributed by atoms with Crippen molar-refractivity contribution in [3.05, 3.63) is 12.2 Å². The molecule has 5 nitrogen and oxygen atoms in total. The van der Waals surface area contributed by atoms with E-state index < -0.39 is 11.7 Å². The fraction of sp³-hybridized carbons (Fsp3) is 0.692. The maximum absolute atomic E-state index is 11.3. The highest BCUT2D eigenvalue weighted by Crippen LogP contribution is 2.13. The fourth-order valence-corrected chi connectivity index (χ4v) is 1.20. The molecule has 1 amide bonds. The number of carbonyl (C=O) groups is 2. The predicted octanol–water partition coefficient (Wildman–Crippen LogP) is 2.27. The summed E-state index contributed by atoms with van der Waals surface area (Å²) in [7, 11) is 1.34. The van der Waals surface area contributed by atoms with Crippen LogP contribution in [0.5, 0.6) is 0 Å². The molecule has 0 fully saturated rings. The van der Waals surface area contributed by atoms with Gasteiger partial charge in [-0.2, -0.15) is 0 Å². The van der Waals surface area contributed by atoms with Gasteiger partial charge in [0.15, 0.2) is 0 Å². The van der Waals surface area contributed by atoms with Crippen molar-refractivity contribution in [3.63, 3.8) is 0 Å². The van der Waals surface area contributed by atoms with Gasteiger partial charge in [0.05, 0.1) is 13.0 Å². The number of methoxy groups -OCH3 is 1. The van der Waals surface area contributed by atoms with E-state index >= 15 is 0 Å². The van der Waals surface area contributed by atoms with Crippen LogP contribution < -0.4 is 5.32 Å². The Kier molecular flexibility index (Phi) is 6.44. The second kappa shape index (κ2) is 7.03. The van der Waals surface area contributed by atoms with Crippen LogP contribution in [-0.2, 0) is 14.3 Å². The summed E-state index contributed by atoms with van der Waals surface area (Å²) in [4.78, 5) is 22.6. The van der Waals surface area contributed by atoms with E-state index in [1.807, 2.05) is 0 Å². The number of hydrogen-bond donors (Lipinski definition) is 1. The third-order valence-corrected chi connectivity index (χ3v) is 2.28. The molecular formula is C13H23NO4. The van der Waals surface area contributed by atoms with E-state index in [0.29, 0.717) is 13.0 Å². The molecule has 18 heavy (non-hydrogen) atoms. The highest BCUT2D eigenvalue weighted by molar-refractivity contribution is 5.75. The monoisotopic (exact) mass is 257 g/mol. The molecule has 0 aliphatic carbocycles. The van der Waals surface area contributed by atoms with Crippen molar-refractivity contribution in [1.82, 2.24) is 5.32 Å². The van der Waals surface area contributed by atoms with Crippen LogP contribution in [-0.4, -0.2) is 31.3 Å². The molecule has 0 spiro atoms. The van der Waals surface area contributed by atoms with E-state index in [2.05, 4.69) is 16.6 Å². The quantitative estimate of drug-likeness (QED) is 0.606. The Labute approximate surface area is 109 Å². The molecule has 0 aromatic heterocycles. The number of hydrogen-bond acceptors (Lipinski definition) is 4. The Morgan fingerprint density at radius 1 is 1.33 bits per heavy atom. The van der Waals surface area contributed by atoms with Gasteiger partial charge in [-0.05, 0) is 34.1 Å². The number of carbonyl (C=O) groups excluding carboxylic acids is 2. The van der Waals surface area contributed by atoms with Crippen LogP contribution in [0.2, 0.25) is 0 Å². The molecule has 1 atom stereocenters. The Balaban J connectivity index is 3.95. The van der Waals surface area contributed by atoms with E-state index in [1.54, 1.807) is 27.7 Å².